The lowest BCUT2D eigenvalue weighted by Crippen LogP contribution is -2.16. The molecule has 12 heavy (non-hydrogen) atoms. The molecule has 0 aliphatic rings. The van der Waals surface area contributed by atoms with Crippen molar-refractivity contribution >= 4 is 0 Å². The fourth-order valence-corrected chi connectivity index (χ4v) is 1.06. The van der Waals surface area contributed by atoms with E-state index in [9.17, 15) is 4.39 Å². The molecule has 0 saturated carbocycles. The van der Waals surface area contributed by atoms with Gasteiger partial charge in [0.2, 0.25) is 0 Å². The lowest BCUT2D eigenvalue weighted by molar-refractivity contribution is 0.320. The van der Waals surface area contributed by atoms with Gasteiger partial charge in [-0.05, 0) is 38.7 Å². The summed E-state index contributed by atoms with van der Waals surface area (Å²) in [6, 6.07) is 6.98. The number of benzene rings is 1. The van der Waals surface area contributed by atoms with Crippen molar-refractivity contribution in [1.82, 2.24) is 4.90 Å². The molecule has 2 heteroatoms. The van der Waals surface area contributed by atoms with Gasteiger partial charge in [-0.25, -0.2) is 4.39 Å². The van der Waals surface area contributed by atoms with Crippen LogP contribution in [0.2, 0.25) is 0 Å². The van der Waals surface area contributed by atoms with Crippen LogP contribution in [0.15, 0.2) is 24.3 Å². The first-order valence-electron chi connectivity index (χ1n) is 4.03. The molecule has 0 fully saturated rings. The van der Waals surface area contributed by atoms with Crippen molar-refractivity contribution in [3.05, 3.63) is 35.6 Å². The SMILES string of the molecule is CC(c1cccc(F)c1)N(C)C. The van der Waals surface area contributed by atoms with E-state index >= 15 is 0 Å². The normalized spacial score (nSPS) is 13.4. The van der Waals surface area contributed by atoms with Gasteiger partial charge in [-0.1, -0.05) is 12.1 Å². The Morgan fingerprint density at radius 2 is 2.00 bits per heavy atom. The largest absolute Gasteiger partial charge is 0.303 e. The molecular formula is C10H14FN. The highest BCUT2D eigenvalue weighted by Gasteiger charge is 2.07. The molecule has 0 N–H and O–H groups in total. The molecule has 0 aliphatic heterocycles. The minimum absolute atomic E-state index is 0.166. The second-order valence-corrected chi connectivity index (χ2v) is 3.19. The predicted molar refractivity (Wildman–Crippen MR) is 48.5 cm³/mol. The lowest BCUT2D eigenvalue weighted by atomic mass is 10.1. The second-order valence-electron chi connectivity index (χ2n) is 3.19. The Labute approximate surface area is 72.8 Å². The van der Waals surface area contributed by atoms with E-state index in [1.54, 1.807) is 12.1 Å². The summed E-state index contributed by atoms with van der Waals surface area (Å²) in [6.07, 6.45) is 0. The quantitative estimate of drug-likeness (QED) is 0.654. The van der Waals surface area contributed by atoms with Gasteiger partial charge in [-0.2, -0.15) is 0 Å². The van der Waals surface area contributed by atoms with Crippen LogP contribution in [0.25, 0.3) is 0 Å². The summed E-state index contributed by atoms with van der Waals surface area (Å²) < 4.78 is 12.8. The third kappa shape index (κ3) is 2.05. The molecule has 1 atom stereocenters. The van der Waals surface area contributed by atoms with E-state index in [1.807, 2.05) is 20.2 Å². The van der Waals surface area contributed by atoms with E-state index in [4.69, 9.17) is 0 Å². The molecule has 0 radical (unpaired) electrons. The van der Waals surface area contributed by atoms with Gasteiger partial charge in [0, 0.05) is 6.04 Å². The van der Waals surface area contributed by atoms with Crippen LogP contribution in [0.3, 0.4) is 0 Å². The average molecular weight is 167 g/mol. The first kappa shape index (κ1) is 9.20. The van der Waals surface area contributed by atoms with Crippen molar-refractivity contribution in [2.24, 2.45) is 0 Å². The Bertz CT molecular complexity index is 258. The van der Waals surface area contributed by atoms with E-state index in [-0.39, 0.29) is 11.9 Å². The van der Waals surface area contributed by atoms with Gasteiger partial charge >= 0.3 is 0 Å². The Kier molecular flexibility index (Phi) is 2.82. The van der Waals surface area contributed by atoms with Crippen molar-refractivity contribution in [2.45, 2.75) is 13.0 Å². The molecule has 0 amide bonds. The fraction of sp³-hybridized carbons (Fsp3) is 0.400. The Hall–Kier alpha value is -0.890. The summed E-state index contributed by atoms with van der Waals surface area (Å²) >= 11 is 0. The van der Waals surface area contributed by atoms with Gasteiger partial charge in [0.1, 0.15) is 5.82 Å². The van der Waals surface area contributed by atoms with Gasteiger partial charge in [0.25, 0.3) is 0 Å². The van der Waals surface area contributed by atoms with Crippen LogP contribution in [0.5, 0.6) is 0 Å². The minimum atomic E-state index is -0.166. The molecule has 0 aromatic heterocycles. The van der Waals surface area contributed by atoms with Gasteiger partial charge < -0.3 is 4.90 Å². The number of hydrogen-bond donors (Lipinski definition) is 0. The van der Waals surface area contributed by atoms with Crippen LogP contribution < -0.4 is 0 Å². The summed E-state index contributed by atoms with van der Waals surface area (Å²) in [5.41, 5.74) is 1.01. The van der Waals surface area contributed by atoms with Gasteiger partial charge in [-0.15, -0.1) is 0 Å². The number of hydrogen-bond acceptors (Lipinski definition) is 1. The summed E-state index contributed by atoms with van der Waals surface area (Å²) in [5, 5.41) is 0. The van der Waals surface area contributed by atoms with Crippen LogP contribution in [0.4, 0.5) is 4.39 Å². The maximum absolute atomic E-state index is 12.8. The van der Waals surface area contributed by atoms with Crippen LogP contribution >= 0.6 is 0 Å². The van der Waals surface area contributed by atoms with E-state index in [0.717, 1.165) is 5.56 Å². The summed E-state index contributed by atoms with van der Waals surface area (Å²) in [5.74, 6) is -0.166. The number of nitrogens with zero attached hydrogens (tertiary/aromatic N) is 1. The van der Waals surface area contributed by atoms with Crippen molar-refractivity contribution in [1.29, 1.82) is 0 Å². The highest BCUT2D eigenvalue weighted by molar-refractivity contribution is 5.19. The highest BCUT2D eigenvalue weighted by Crippen LogP contribution is 2.17. The third-order valence-electron chi connectivity index (χ3n) is 2.11. The fourth-order valence-electron chi connectivity index (χ4n) is 1.06. The molecule has 0 spiro atoms. The molecule has 1 aromatic carbocycles. The zero-order valence-corrected chi connectivity index (χ0v) is 7.71. The molecule has 1 nitrogen and oxygen atoms in total. The maximum Gasteiger partial charge on any atom is 0.123 e. The average Bonchev–Trinajstić information content (AvgIpc) is 2.03. The molecule has 1 rings (SSSR count). The summed E-state index contributed by atoms with van der Waals surface area (Å²) in [6.45, 7) is 2.05. The van der Waals surface area contributed by atoms with Crippen molar-refractivity contribution in [3.63, 3.8) is 0 Å². The highest BCUT2D eigenvalue weighted by atomic mass is 19.1. The van der Waals surface area contributed by atoms with Crippen LogP contribution in [0, 0.1) is 5.82 Å². The molecule has 0 saturated heterocycles. The standard InChI is InChI=1S/C10H14FN/c1-8(12(2)3)9-5-4-6-10(11)7-9/h4-8H,1-3H3. The molecule has 66 valence electrons. The van der Waals surface area contributed by atoms with Crippen LogP contribution in [-0.2, 0) is 0 Å². The lowest BCUT2D eigenvalue weighted by Gasteiger charge is -2.19. The predicted octanol–water partition coefficient (Wildman–Crippen LogP) is 2.45. The number of halogens is 1. The molecular weight excluding hydrogens is 153 g/mol. The minimum Gasteiger partial charge on any atom is -0.303 e. The third-order valence-corrected chi connectivity index (χ3v) is 2.11. The molecule has 0 aliphatic carbocycles. The van der Waals surface area contributed by atoms with Crippen LogP contribution in [-0.4, -0.2) is 19.0 Å². The van der Waals surface area contributed by atoms with E-state index < -0.39 is 0 Å². The summed E-state index contributed by atoms with van der Waals surface area (Å²) in [7, 11) is 3.96. The first-order valence-corrected chi connectivity index (χ1v) is 4.03. The zero-order chi connectivity index (χ0) is 9.14. The van der Waals surface area contributed by atoms with Gasteiger partial charge in [0.05, 0.1) is 0 Å². The topological polar surface area (TPSA) is 3.24 Å². The smallest absolute Gasteiger partial charge is 0.123 e. The van der Waals surface area contributed by atoms with Crippen LogP contribution in [0.1, 0.15) is 18.5 Å². The first-order chi connectivity index (χ1) is 5.61. The van der Waals surface area contributed by atoms with E-state index in [0.29, 0.717) is 0 Å². The van der Waals surface area contributed by atoms with Crippen molar-refractivity contribution < 1.29 is 4.39 Å². The molecule has 1 unspecified atom stereocenters. The summed E-state index contributed by atoms with van der Waals surface area (Å²) in [4.78, 5) is 2.05. The van der Waals surface area contributed by atoms with E-state index in [2.05, 4.69) is 11.8 Å². The van der Waals surface area contributed by atoms with Gasteiger partial charge in [0.15, 0.2) is 0 Å². The maximum atomic E-state index is 12.8. The van der Waals surface area contributed by atoms with Crippen molar-refractivity contribution in [3.8, 4) is 0 Å². The molecule has 0 bridgehead atoms. The Balaban J connectivity index is 2.88. The molecule has 0 heterocycles. The zero-order valence-electron chi connectivity index (χ0n) is 7.71. The second kappa shape index (κ2) is 3.68. The molecule has 1 aromatic rings. The van der Waals surface area contributed by atoms with Crippen molar-refractivity contribution in [2.75, 3.05) is 14.1 Å². The Morgan fingerprint density at radius 1 is 1.33 bits per heavy atom. The Morgan fingerprint density at radius 3 is 2.50 bits per heavy atom. The van der Waals surface area contributed by atoms with E-state index in [1.165, 1.54) is 6.07 Å². The van der Waals surface area contributed by atoms with Gasteiger partial charge in [-0.3, -0.25) is 0 Å². The monoisotopic (exact) mass is 167 g/mol. The number of rotatable bonds is 2.